The highest BCUT2D eigenvalue weighted by Gasteiger charge is 2.32. The fraction of sp³-hybridized carbons (Fsp3) is 0.917. The van der Waals surface area contributed by atoms with Gasteiger partial charge in [0.2, 0.25) is 5.91 Å². The molecule has 6 heteroatoms. The Labute approximate surface area is 123 Å². The predicted octanol–water partition coefficient (Wildman–Crippen LogP) is 1.14. The lowest BCUT2D eigenvalue weighted by Crippen LogP contribution is -2.44. The largest absolute Gasteiger partial charge is 0.354 e. The number of hydrogen-bond acceptors (Lipinski definition) is 3. The van der Waals surface area contributed by atoms with E-state index in [1.165, 1.54) is 12.8 Å². The Morgan fingerprint density at radius 3 is 2.22 bits per heavy atom. The molecule has 18 heavy (non-hydrogen) atoms. The van der Waals surface area contributed by atoms with Crippen LogP contribution < -0.4 is 10.6 Å². The average molecular weight is 300 g/mol. The number of carbonyl (C=O) groups is 1. The maximum atomic E-state index is 11.7. The van der Waals surface area contributed by atoms with E-state index in [4.69, 9.17) is 0 Å². The monoisotopic (exact) mass is 299 g/mol. The fourth-order valence-electron chi connectivity index (χ4n) is 2.03. The lowest BCUT2D eigenvalue weighted by molar-refractivity contribution is -0.124. The number of halogens is 2. The molecule has 1 fully saturated rings. The van der Waals surface area contributed by atoms with E-state index in [0.29, 0.717) is 6.04 Å². The van der Waals surface area contributed by atoms with Crippen molar-refractivity contribution >= 4 is 30.7 Å². The van der Waals surface area contributed by atoms with Gasteiger partial charge >= 0.3 is 0 Å². The zero-order chi connectivity index (χ0) is 12.1. The molecule has 1 aliphatic carbocycles. The fourth-order valence-corrected chi connectivity index (χ4v) is 2.03. The van der Waals surface area contributed by atoms with Crippen molar-refractivity contribution in [1.29, 1.82) is 0 Å². The zero-order valence-corrected chi connectivity index (χ0v) is 13.4. The molecule has 0 radical (unpaired) electrons. The molecular weight excluding hydrogens is 273 g/mol. The molecule has 2 N–H and O–H groups in total. The van der Waals surface area contributed by atoms with Crippen molar-refractivity contribution in [3.05, 3.63) is 0 Å². The highest BCUT2D eigenvalue weighted by atomic mass is 35.5. The van der Waals surface area contributed by atoms with Gasteiger partial charge in [-0.15, -0.1) is 24.8 Å². The Morgan fingerprint density at radius 2 is 1.83 bits per heavy atom. The number of likely N-dealkylation sites (N-methyl/N-ethyl adjacent to an activating group) is 1. The van der Waals surface area contributed by atoms with Crippen LogP contribution in [0.4, 0.5) is 0 Å². The van der Waals surface area contributed by atoms with Gasteiger partial charge in [0.25, 0.3) is 0 Å². The van der Waals surface area contributed by atoms with Gasteiger partial charge in [-0.1, -0.05) is 6.92 Å². The van der Waals surface area contributed by atoms with Crippen molar-refractivity contribution in [2.24, 2.45) is 11.8 Å². The summed E-state index contributed by atoms with van der Waals surface area (Å²) < 4.78 is 0. The highest BCUT2D eigenvalue weighted by molar-refractivity contribution is 5.85. The van der Waals surface area contributed by atoms with Gasteiger partial charge in [-0.25, -0.2) is 0 Å². The quantitative estimate of drug-likeness (QED) is 0.741. The Morgan fingerprint density at radius 1 is 1.28 bits per heavy atom. The summed E-state index contributed by atoms with van der Waals surface area (Å²) in [5.41, 5.74) is 0. The van der Waals surface area contributed by atoms with Crippen molar-refractivity contribution < 1.29 is 4.79 Å². The molecule has 0 aromatic carbocycles. The molecule has 0 saturated heterocycles. The summed E-state index contributed by atoms with van der Waals surface area (Å²) in [5, 5.41) is 6.07. The standard InChI is InChI=1S/C12H25N3O.2ClH/c1-9(7-13-2)12(16)14-8-11(15(3)4)10-5-6-10;;/h9-11,13H,5-8H2,1-4H3,(H,14,16);2*1H. The summed E-state index contributed by atoms with van der Waals surface area (Å²) in [6.45, 7) is 3.47. The second kappa shape index (κ2) is 9.84. The molecule has 0 aliphatic heterocycles. The van der Waals surface area contributed by atoms with E-state index in [9.17, 15) is 4.79 Å². The van der Waals surface area contributed by atoms with E-state index >= 15 is 0 Å². The number of hydrogen-bond donors (Lipinski definition) is 2. The number of amides is 1. The summed E-state index contributed by atoms with van der Waals surface area (Å²) in [7, 11) is 6.05. The number of rotatable bonds is 7. The van der Waals surface area contributed by atoms with Crippen LogP contribution in [-0.2, 0) is 4.79 Å². The van der Waals surface area contributed by atoms with E-state index in [2.05, 4.69) is 29.6 Å². The van der Waals surface area contributed by atoms with Crippen LogP contribution in [0.5, 0.6) is 0 Å². The van der Waals surface area contributed by atoms with Crippen LogP contribution in [0.3, 0.4) is 0 Å². The maximum Gasteiger partial charge on any atom is 0.224 e. The molecule has 1 amide bonds. The number of nitrogens with one attached hydrogen (secondary N) is 2. The summed E-state index contributed by atoms with van der Waals surface area (Å²) in [5.74, 6) is 0.990. The summed E-state index contributed by atoms with van der Waals surface area (Å²) in [6, 6.07) is 0.505. The van der Waals surface area contributed by atoms with E-state index in [1.807, 2.05) is 14.0 Å². The Balaban J connectivity index is 0. The van der Waals surface area contributed by atoms with Gasteiger partial charge in [0.05, 0.1) is 0 Å². The molecule has 2 atom stereocenters. The van der Waals surface area contributed by atoms with Gasteiger partial charge in [-0.3, -0.25) is 4.79 Å². The molecule has 1 rings (SSSR count). The average Bonchev–Trinajstić information content (AvgIpc) is 3.01. The van der Waals surface area contributed by atoms with Crippen LogP contribution in [0, 0.1) is 11.8 Å². The lowest BCUT2D eigenvalue weighted by atomic mass is 10.1. The predicted molar refractivity (Wildman–Crippen MR) is 80.8 cm³/mol. The van der Waals surface area contributed by atoms with Gasteiger partial charge in [-0.2, -0.15) is 0 Å². The highest BCUT2D eigenvalue weighted by Crippen LogP contribution is 2.34. The molecule has 2 unspecified atom stereocenters. The molecule has 110 valence electrons. The van der Waals surface area contributed by atoms with Crippen LogP contribution in [0.15, 0.2) is 0 Å². The third-order valence-corrected chi connectivity index (χ3v) is 3.27. The van der Waals surface area contributed by atoms with E-state index in [1.54, 1.807) is 0 Å². The molecule has 1 aliphatic rings. The van der Waals surface area contributed by atoms with Crippen LogP contribution in [0.25, 0.3) is 0 Å². The first-order valence-electron chi connectivity index (χ1n) is 6.15. The van der Waals surface area contributed by atoms with Gasteiger partial charge in [0.15, 0.2) is 0 Å². The maximum absolute atomic E-state index is 11.7. The van der Waals surface area contributed by atoms with Gasteiger partial charge in [0, 0.05) is 25.0 Å². The van der Waals surface area contributed by atoms with Crippen LogP contribution in [-0.4, -0.2) is 51.1 Å². The van der Waals surface area contributed by atoms with Crippen LogP contribution in [0.2, 0.25) is 0 Å². The van der Waals surface area contributed by atoms with Gasteiger partial charge < -0.3 is 15.5 Å². The summed E-state index contributed by atoms with van der Waals surface area (Å²) in [6.07, 6.45) is 2.62. The second-order valence-corrected chi connectivity index (χ2v) is 5.07. The molecule has 4 nitrogen and oxygen atoms in total. The van der Waals surface area contributed by atoms with Crippen LogP contribution in [0.1, 0.15) is 19.8 Å². The third-order valence-electron chi connectivity index (χ3n) is 3.27. The lowest BCUT2D eigenvalue weighted by Gasteiger charge is -2.25. The Bertz CT molecular complexity index is 233. The SMILES string of the molecule is CNCC(C)C(=O)NCC(C1CC1)N(C)C.Cl.Cl. The van der Waals surface area contributed by atoms with Crippen molar-refractivity contribution in [3.63, 3.8) is 0 Å². The van der Waals surface area contributed by atoms with Crippen molar-refractivity contribution in [2.45, 2.75) is 25.8 Å². The third kappa shape index (κ3) is 6.78. The molecule has 0 heterocycles. The zero-order valence-electron chi connectivity index (χ0n) is 11.7. The molecular formula is C12H27Cl2N3O. The minimum absolute atomic E-state index is 0. The number of carbonyl (C=O) groups excluding carboxylic acids is 1. The summed E-state index contributed by atoms with van der Waals surface area (Å²) >= 11 is 0. The molecule has 0 aromatic rings. The Hall–Kier alpha value is -0.0300. The first-order chi connectivity index (χ1) is 7.56. The van der Waals surface area contributed by atoms with Crippen molar-refractivity contribution in [1.82, 2.24) is 15.5 Å². The molecule has 0 spiro atoms. The van der Waals surface area contributed by atoms with Gasteiger partial charge in [0.1, 0.15) is 0 Å². The van der Waals surface area contributed by atoms with E-state index < -0.39 is 0 Å². The Kier molecular flexibility index (Phi) is 11.1. The van der Waals surface area contributed by atoms with Crippen molar-refractivity contribution in [2.75, 3.05) is 34.2 Å². The van der Waals surface area contributed by atoms with Crippen LogP contribution >= 0.6 is 24.8 Å². The topological polar surface area (TPSA) is 44.4 Å². The minimum atomic E-state index is 0. The normalized spacial score (nSPS) is 17.4. The second-order valence-electron chi connectivity index (χ2n) is 5.07. The summed E-state index contributed by atoms with van der Waals surface area (Å²) in [4.78, 5) is 14.0. The number of nitrogens with zero attached hydrogens (tertiary/aromatic N) is 1. The molecule has 1 saturated carbocycles. The molecule has 0 aromatic heterocycles. The van der Waals surface area contributed by atoms with E-state index in [0.717, 1.165) is 19.0 Å². The van der Waals surface area contributed by atoms with Gasteiger partial charge in [-0.05, 0) is 39.9 Å². The molecule has 0 bridgehead atoms. The first kappa shape index (κ1) is 20.3. The smallest absolute Gasteiger partial charge is 0.224 e. The first-order valence-corrected chi connectivity index (χ1v) is 6.15. The van der Waals surface area contributed by atoms with E-state index in [-0.39, 0.29) is 36.6 Å². The van der Waals surface area contributed by atoms with Crippen molar-refractivity contribution in [3.8, 4) is 0 Å². The minimum Gasteiger partial charge on any atom is -0.354 e.